The first kappa shape index (κ1) is 23.0. The van der Waals surface area contributed by atoms with Gasteiger partial charge in [-0.2, -0.15) is 4.98 Å². The van der Waals surface area contributed by atoms with Crippen LogP contribution in [0.15, 0.2) is 85.1 Å². The van der Waals surface area contributed by atoms with E-state index in [0.29, 0.717) is 35.0 Å². The van der Waals surface area contributed by atoms with E-state index in [1.807, 2.05) is 54.4 Å². The zero-order valence-electron chi connectivity index (χ0n) is 20.2. The molecule has 0 saturated heterocycles. The number of aromatic nitrogens is 4. The number of allylic oxidation sites excluding steroid dienone is 4. The number of methoxy groups -OCH3 is 2. The Morgan fingerprint density at radius 3 is 2.64 bits per heavy atom. The van der Waals surface area contributed by atoms with Crippen molar-refractivity contribution in [3.05, 3.63) is 85.1 Å². The molecule has 184 valence electrons. The molecule has 0 bridgehead atoms. The molecule has 0 atom stereocenters. The molecule has 0 amide bonds. The van der Waals surface area contributed by atoms with Crippen LogP contribution in [0, 0.1) is 0 Å². The first-order valence-corrected chi connectivity index (χ1v) is 11.4. The highest BCUT2D eigenvalue weighted by Crippen LogP contribution is 2.34. The lowest BCUT2D eigenvalue weighted by Crippen LogP contribution is -2.27. The summed E-state index contributed by atoms with van der Waals surface area (Å²) < 4.78 is 23.6. The van der Waals surface area contributed by atoms with Gasteiger partial charge in [0, 0.05) is 42.8 Å². The Balaban J connectivity index is 1.52. The van der Waals surface area contributed by atoms with Crippen molar-refractivity contribution in [1.82, 2.24) is 19.7 Å². The molecule has 10 nitrogen and oxygen atoms in total. The van der Waals surface area contributed by atoms with Gasteiger partial charge in [0.05, 0.1) is 19.8 Å². The topological polar surface area (TPSA) is 95.8 Å². The van der Waals surface area contributed by atoms with Gasteiger partial charge in [-0.25, -0.2) is 9.67 Å². The molecule has 10 heteroatoms. The van der Waals surface area contributed by atoms with E-state index in [1.54, 1.807) is 31.4 Å². The van der Waals surface area contributed by atoms with Gasteiger partial charge in [0.1, 0.15) is 29.8 Å². The molecule has 0 spiro atoms. The molecule has 1 N–H and O–H groups in total. The van der Waals surface area contributed by atoms with E-state index >= 15 is 0 Å². The van der Waals surface area contributed by atoms with E-state index in [-0.39, 0.29) is 0 Å². The van der Waals surface area contributed by atoms with Gasteiger partial charge in [0.25, 0.3) is 0 Å². The Bertz CT molecular complexity index is 1350. The number of hydrogen-bond donors (Lipinski definition) is 1. The van der Waals surface area contributed by atoms with E-state index in [4.69, 9.17) is 29.0 Å². The predicted octanol–water partition coefficient (Wildman–Crippen LogP) is 5.00. The van der Waals surface area contributed by atoms with Crippen molar-refractivity contribution in [3.8, 4) is 22.9 Å². The van der Waals surface area contributed by atoms with E-state index in [0.717, 1.165) is 29.8 Å². The number of nitrogens with one attached hydrogen (secondary N) is 1. The Morgan fingerprint density at radius 2 is 1.94 bits per heavy atom. The first-order valence-electron chi connectivity index (χ1n) is 11.4. The molecule has 2 aliphatic rings. The summed E-state index contributed by atoms with van der Waals surface area (Å²) in [5.74, 6) is 3.49. The second-order valence-corrected chi connectivity index (χ2v) is 7.93. The molecule has 2 aromatic heterocycles. The van der Waals surface area contributed by atoms with Crippen LogP contribution in [0.25, 0.3) is 11.4 Å². The number of nitrogens with zero attached hydrogens (tertiary/aromatic N) is 5. The van der Waals surface area contributed by atoms with Gasteiger partial charge in [-0.15, -0.1) is 5.10 Å². The number of benzene rings is 1. The summed E-state index contributed by atoms with van der Waals surface area (Å²) >= 11 is 0. The third kappa shape index (κ3) is 4.74. The summed E-state index contributed by atoms with van der Waals surface area (Å²) in [4.78, 5) is 11.3. The molecule has 36 heavy (non-hydrogen) atoms. The van der Waals surface area contributed by atoms with Gasteiger partial charge in [-0.1, -0.05) is 12.2 Å². The number of rotatable bonds is 8. The summed E-state index contributed by atoms with van der Waals surface area (Å²) in [5.41, 5.74) is 2.50. The van der Waals surface area contributed by atoms with Crippen LogP contribution in [0.3, 0.4) is 0 Å². The van der Waals surface area contributed by atoms with E-state index in [2.05, 4.69) is 16.4 Å². The summed E-state index contributed by atoms with van der Waals surface area (Å²) in [6.07, 6.45) is 14.1. The maximum atomic E-state index is 5.75. The number of ether oxygens (including phenoxy) is 4. The van der Waals surface area contributed by atoms with Crippen LogP contribution in [0.1, 0.15) is 12.8 Å². The van der Waals surface area contributed by atoms with Crippen LogP contribution in [-0.2, 0) is 16.5 Å². The van der Waals surface area contributed by atoms with Crippen molar-refractivity contribution in [1.29, 1.82) is 0 Å². The number of pyridine rings is 1. The summed E-state index contributed by atoms with van der Waals surface area (Å²) in [5, 5.41) is 8.05. The predicted molar refractivity (Wildman–Crippen MR) is 135 cm³/mol. The van der Waals surface area contributed by atoms with Crippen LogP contribution in [0.5, 0.6) is 11.5 Å². The molecule has 1 aromatic carbocycles. The minimum atomic E-state index is 0.495. The van der Waals surface area contributed by atoms with E-state index < -0.39 is 0 Å². The van der Waals surface area contributed by atoms with Crippen LogP contribution in [0.4, 0.5) is 17.5 Å². The third-order valence-electron chi connectivity index (χ3n) is 5.59. The van der Waals surface area contributed by atoms with Crippen molar-refractivity contribution in [2.45, 2.75) is 12.8 Å². The fourth-order valence-corrected chi connectivity index (χ4v) is 3.89. The van der Waals surface area contributed by atoms with Crippen molar-refractivity contribution in [2.75, 3.05) is 24.4 Å². The Labute approximate surface area is 208 Å². The number of aryl methyl sites for hydroxylation is 1. The van der Waals surface area contributed by atoms with Gasteiger partial charge < -0.3 is 24.3 Å². The highest BCUT2D eigenvalue weighted by molar-refractivity contribution is 5.75. The Morgan fingerprint density at radius 1 is 1.11 bits per heavy atom. The molecule has 0 unspecified atom stereocenters. The standard InChI is InChI=1S/C26H26N6O4/c1-31-26(32(19-8-5-4-6-9-19)23-17-35-12-13-36-23)29-25(30-31)22-10-7-11-27-24(22)28-18-14-20(33-2)16-21(15-18)34-3/h4-5,7-8,10-17H,6,9H2,1-3H3,(H,27,28). The maximum Gasteiger partial charge on any atom is 0.242 e. The molecule has 3 heterocycles. The van der Waals surface area contributed by atoms with Crippen LogP contribution in [-0.4, -0.2) is 34.0 Å². The Kier molecular flexibility index (Phi) is 6.57. The minimum absolute atomic E-state index is 0.495. The first-order chi connectivity index (χ1) is 17.7. The highest BCUT2D eigenvalue weighted by atomic mass is 16.5. The van der Waals surface area contributed by atoms with Gasteiger partial charge in [0.15, 0.2) is 12.1 Å². The fourth-order valence-electron chi connectivity index (χ4n) is 3.89. The largest absolute Gasteiger partial charge is 0.497 e. The third-order valence-corrected chi connectivity index (χ3v) is 5.59. The summed E-state index contributed by atoms with van der Waals surface area (Å²) in [6, 6.07) is 9.30. The number of hydrogen-bond acceptors (Lipinski definition) is 9. The smallest absolute Gasteiger partial charge is 0.242 e. The van der Waals surface area contributed by atoms with Crippen molar-refractivity contribution < 1.29 is 18.9 Å². The van der Waals surface area contributed by atoms with Crippen molar-refractivity contribution >= 4 is 17.5 Å². The van der Waals surface area contributed by atoms with E-state index in [1.165, 1.54) is 12.5 Å². The van der Waals surface area contributed by atoms with Gasteiger partial charge in [-0.05, 0) is 31.1 Å². The maximum absolute atomic E-state index is 5.75. The average molecular weight is 487 g/mol. The zero-order valence-corrected chi connectivity index (χ0v) is 20.2. The second-order valence-electron chi connectivity index (χ2n) is 7.93. The molecule has 0 saturated carbocycles. The molecule has 0 radical (unpaired) electrons. The van der Waals surface area contributed by atoms with Crippen molar-refractivity contribution in [3.63, 3.8) is 0 Å². The molecular formula is C26H26N6O4. The SMILES string of the molecule is COc1cc(Nc2ncccc2-c2nc(N(C3=CC=CCC3)C3=COC=CO3)n(C)n2)cc(OC)c1. The lowest BCUT2D eigenvalue weighted by molar-refractivity contribution is 0.249. The lowest BCUT2D eigenvalue weighted by atomic mass is 10.1. The van der Waals surface area contributed by atoms with Crippen LogP contribution < -0.4 is 19.7 Å². The van der Waals surface area contributed by atoms with Gasteiger partial charge >= 0.3 is 0 Å². The average Bonchev–Trinajstić information content (AvgIpc) is 3.30. The van der Waals surface area contributed by atoms with Gasteiger partial charge in [0.2, 0.25) is 11.8 Å². The Hall–Kier alpha value is -4.73. The van der Waals surface area contributed by atoms with Crippen LogP contribution in [0.2, 0.25) is 0 Å². The van der Waals surface area contributed by atoms with Crippen molar-refractivity contribution in [2.24, 2.45) is 7.05 Å². The quantitative estimate of drug-likeness (QED) is 0.472. The fraction of sp³-hybridized carbons (Fsp3) is 0.192. The normalized spacial score (nSPS) is 14.3. The highest BCUT2D eigenvalue weighted by Gasteiger charge is 2.26. The summed E-state index contributed by atoms with van der Waals surface area (Å²) in [6.45, 7) is 0. The molecular weight excluding hydrogens is 460 g/mol. The molecule has 1 aliphatic heterocycles. The molecule has 1 aliphatic carbocycles. The van der Waals surface area contributed by atoms with E-state index in [9.17, 15) is 0 Å². The molecule has 3 aromatic rings. The summed E-state index contributed by atoms with van der Waals surface area (Å²) in [7, 11) is 5.06. The number of anilines is 3. The minimum Gasteiger partial charge on any atom is -0.497 e. The van der Waals surface area contributed by atoms with Gasteiger partial charge in [-0.3, -0.25) is 4.90 Å². The molecule has 0 fully saturated rings. The molecule has 5 rings (SSSR count). The second kappa shape index (κ2) is 10.3. The lowest BCUT2D eigenvalue weighted by Gasteiger charge is -2.28. The van der Waals surface area contributed by atoms with Crippen LogP contribution >= 0.6 is 0 Å². The zero-order chi connectivity index (χ0) is 24.9. The monoisotopic (exact) mass is 486 g/mol.